The second kappa shape index (κ2) is 14.0. The largest absolute Gasteiger partial charge is 0.486 e. The van der Waals surface area contributed by atoms with E-state index in [0.717, 1.165) is 58.6 Å². The molecule has 0 spiro atoms. The van der Waals surface area contributed by atoms with Gasteiger partial charge in [-0.15, -0.1) is 0 Å². The maximum absolute atomic E-state index is 14.1. The SMILES string of the molecule is C[C@H](C(=O)NC1CCCCC1)N(Cc1ccc(Br)cc1)C(=O)CN(c1ccc(F)cc1)S(=O)(=O)c1ccc2c(c1)OCCO2. The number of benzene rings is 3. The molecule has 44 heavy (non-hydrogen) atoms. The van der Waals surface area contributed by atoms with Gasteiger partial charge in [0.25, 0.3) is 10.0 Å². The molecule has 1 heterocycles. The molecule has 1 atom stereocenters. The van der Waals surface area contributed by atoms with Crippen LogP contribution in [-0.2, 0) is 26.2 Å². The Kier molecular flexibility index (Phi) is 10.1. The van der Waals surface area contributed by atoms with Gasteiger partial charge in [0.05, 0.1) is 10.6 Å². The maximum atomic E-state index is 14.1. The molecule has 0 saturated heterocycles. The van der Waals surface area contributed by atoms with Crippen LogP contribution >= 0.6 is 15.9 Å². The summed E-state index contributed by atoms with van der Waals surface area (Å²) >= 11 is 3.42. The lowest BCUT2D eigenvalue weighted by Gasteiger charge is -2.33. The molecule has 2 amide bonds. The zero-order valence-corrected chi connectivity index (χ0v) is 26.8. The fraction of sp³-hybridized carbons (Fsp3) is 0.375. The molecule has 3 aromatic rings. The Morgan fingerprint density at radius 2 is 1.61 bits per heavy atom. The normalized spacial score (nSPS) is 15.7. The first-order valence-electron chi connectivity index (χ1n) is 14.6. The van der Waals surface area contributed by atoms with Crippen molar-refractivity contribution in [3.63, 3.8) is 0 Å². The van der Waals surface area contributed by atoms with Crippen molar-refractivity contribution < 1.29 is 31.9 Å². The number of hydrogen-bond donors (Lipinski definition) is 1. The third-order valence-electron chi connectivity index (χ3n) is 7.88. The average Bonchev–Trinajstić information content (AvgIpc) is 3.03. The van der Waals surface area contributed by atoms with Crippen molar-refractivity contribution in [2.24, 2.45) is 0 Å². The first kappa shape index (κ1) is 31.8. The van der Waals surface area contributed by atoms with Crippen LogP contribution in [0.25, 0.3) is 0 Å². The van der Waals surface area contributed by atoms with Crippen LogP contribution in [0.3, 0.4) is 0 Å². The summed E-state index contributed by atoms with van der Waals surface area (Å²) in [5, 5.41) is 3.09. The third-order valence-corrected chi connectivity index (χ3v) is 10.2. The van der Waals surface area contributed by atoms with E-state index < -0.39 is 34.3 Å². The summed E-state index contributed by atoms with van der Waals surface area (Å²) in [5.74, 6) is -0.762. The van der Waals surface area contributed by atoms with Crippen LogP contribution in [0.2, 0.25) is 0 Å². The first-order valence-corrected chi connectivity index (χ1v) is 16.9. The van der Waals surface area contributed by atoms with E-state index in [4.69, 9.17) is 9.47 Å². The number of rotatable bonds is 10. The summed E-state index contributed by atoms with van der Waals surface area (Å²) in [4.78, 5) is 28.8. The van der Waals surface area contributed by atoms with Crippen molar-refractivity contribution in [2.45, 2.75) is 62.6 Å². The van der Waals surface area contributed by atoms with E-state index in [-0.39, 0.29) is 41.4 Å². The van der Waals surface area contributed by atoms with E-state index in [2.05, 4.69) is 21.2 Å². The van der Waals surface area contributed by atoms with Crippen molar-refractivity contribution >= 4 is 43.5 Å². The van der Waals surface area contributed by atoms with E-state index in [9.17, 15) is 22.4 Å². The Bertz CT molecular complexity index is 1580. The lowest BCUT2D eigenvalue weighted by Crippen LogP contribution is -2.53. The molecule has 0 bridgehead atoms. The first-order chi connectivity index (χ1) is 21.1. The quantitative estimate of drug-likeness (QED) is 0.305. The topological polar surface area (TPSA) is 105 Å². The number of fused-ring (bicyclic) bond motifs is 1. The Morgan fingerprint density at radius 1 is 0.955 bits per heavy atom. The molecule has 12 heteroatoms. The minimum absolute atomic E-state index is 0.0367. The fourth-order valence-corrected chi connectivity index (χ4v) is 7.08. The highest BCUT2D eigenvalue weighted by Gasteiger charge is 2.34. The summed E-state index contributed by atoms with van der Waals surface area (Å²) < 4.78 is 55.0. The van der Waals surface area contributed by atoms with Gasteiger partial charge in [-0.05, 0) is 73.9 Å². The number of anilines is 1. The van der Waals surface area contributed by atoms with E-state index in [0.29, 0.717) is 12.4 Å². The van der Waals surface area contributed by atoms with Gasteiger partial charge >= 0.3 is 0 Å². The summed E-state index contributed by atoms with van der Waals surface area (Å²) in [7, 11) is -4.36. The Morgan fingerprint density at radius 3 is 2.30 bits per heavy atom. The molecule has 1 aliphatic carbocycles. The monoisotopic (exact) mass is 687 g/mol. The zero-order valence-electron chi connectivity index (χ0n) is 24.4. The Labute approximate surface area is 265 Å². The van der Waals surface area contributed by atoms with Crippen LogP contribution in [0.4, 0.5) is 10.1 Å². The number of nitrogens with one attached hydrogen (secondary N) is 1. The van der Waals surface area contributed by atoms with Crippen molar-refractivity contribution in [2.75, 3.05) is 24.1 Å². The van der Waals surface area contributed by atoms with E-state index in [1.165, 1.54) is 35.2 Å². The van der Waals surface area contributed by atoms with Gasteiger partial charge in [-0.2, -0.15) is 0 Å². The van der Waals surface area contributed by atoms with Crippen LogP contribution in [0, 0.1) is 5.82 Å². The van der Waals surface area contributed by atoms with Crippen molar-refractivity contribution in [1.82, 2.24) is 10.2 Å². The molecule has 9 nitrogen and oxygen atoms in total. The summed E-state index contributed by atoms with van der Waals surface area (Å²) in [6.07, 6.45) is 4.96. The highest BCUT2D eigenvalue weighted by molar-refractivity contribution is 9.10. The van der Waals surface area contributed by atoms with E-state index >= 15 is 0 Å². The van der Waals surface area contributed by atoms with Crippen molar-refractivity contribution in [3.8, 4) is 11.5 Å². The molecule has 1 fully saturated rings. The molecule has 0 unspecified atom stereocenters. The second-order valence-corrected chi connectivity index (χ2v) is 13.7. The van der Waals surface area contributed by atoms with Crippen LogP contribution in [0.5, 0.6) is 11.5 Å². The summed E-state index contributed by atoms with van der Waals surface area (Å²) in [6.45, 7) is 1.71. The van der Waals surface area contributed by atoms with Crippen molar-refractivity contribution in [3.05, 3.63) is 82.6 Å². The van der Waals surface area contributed by atoms with Gasteiger partial charge in [-0.25, -0.2) is 12.8 Å². The number of halogens is 2. The van der Waals surface area contributed by atoms with E-state index in [1.54, 1.807) is 6.92 Å². The van der Waals surface area contributed by atoms with Crippen LogP contribution in [0.1, 0.15) is 44.6 Å². The van der Waals surface area contributed by atoms with E-state index in [1.807, 2.05) is 24.3 Å². The highest BCUT2D eigenvalue weighted by Crippen LogP contribution is 2.34. The van der Waals surface area contributed by atoms with Gasteiger partial charge in [-0.3, -0.25) is 13.9 Å². The molecular formula is C32H35BrFN3O6S. The molecule has 0 radical (unpaired) electrons. The lowest BCUT2D eigenvalue weighted by molar-refractivity contribution is -0.139. The highest BCUT2D eigenvalue weighted by atomic mass is 79.9. The molecule has 1 N–H and O–H groups in total. The number of nitrogens with zero attached hydrogens (tertiary/aromatic N) is 2. The molecule has 3 aromatic carbocycles. The molecule has 0 aromatic heterocycles. The predicted octanol–water partition coefficient (Wildman–Crippen LogP) is 5.42. The number of ether oxygens (including phenoxy) is 2. The summed E-state index contributed by atoms with van der Waals surface area (Å²) in [6, 6.07) is 15.6. The molecule has 234 valence electrons. The smallest absolute Gasteiger partial charge is 0.264 e. The molecule has 1 saturated carbocycles. The number of amides is 2. The molecular weight excluding hydrogens is 653 g/mol. The van der Waals surface area contributed by atoms with Crippen LogP contribution < -0.4 is 19.1 Å². The molecule has 1 aliphatic heterocycles. The van der Waals surface area contributed by atoms with Gasteiger partial charge in [0.1, 0.15) is 31.6 Å². The van der Waals surface area contributed by atoms with Gasteiger partial charge in [-0.1, -0.05) is 47.3 Å². The third kappa shape index (κ3) is 7.52. The number of hydrogen-bond acceptors (Lipinski definition) is 6. The minimum Gasteiger partial charge on any atom is -0.486 e. The van der Waals surface area contributed by atoms with Gasteiger partial charge < -0.3 is 19.7 Å². The Balaban J connectivity index is 1.47. The fourth-order valence-electron chi connectivity index (χ4n) is 5.39. The van der Waals surface area contributed by atoms with Gasteiger partial charge in [0, 0.05) is 23.1 Å². The number of carbonyl (C=O) groups excluding carboxylic acids is 2. The van der Waals surface area contributed by atoms with Gasteiger partial charge in [0.15, 0.2) is 11.5 Å². The average molecular weight is 689 g/mol. The second-order valence-electron chi connectivity index (χ2n) is 11.0. The van der Waals surface area contributed by atoms with Crippen LogP contribution in [-0.4, -0.2) is 57.0 Å². The summed E-state index contributed by atoms with van der Waals surface area (Å²) in [5.41, 5.74) is 0.861. The van der Waals surface area contributed by atoms with Crippen LogP contribution in [0.15, 0.2) is 76.1 Å². The molecule has 2 aliphatic rings. The van der Waals surface area contributed by atoms with Crippen molar-refractivity contribution in [1.29, 1.82) is 0 Å². The molecule has 5 rings (SSSR count). The standard InChI is InChI=1S/C32H35BrFN3O6S/c1-22(32(39)35-26-5-3-2-4-6-26)36(20-23-7-9-24(33)10-8-23)31(38)21-37(27-13-11-25(34)12-14-27)44(40,41)28-15-16-29-30(19-28)43-18-17-42-29/h7-16,19,22,26H,2-6,17-18,20-21H2,1H3,(H,35,39)/t22-/m1/s1. The predicted molar refractivity (Wildman–Crippen MR) is 168 cm³/mol. The lowest BCUT2D eigenvalue weighted by atomic mass is 9.95. The minimum atomic E-state index is -4.36. The van der Waals surface area contributed by atoms with Gasteiger partial charge in [0.2, 0.25) is 11.8 Å². The number of sulfonamides is 1. The maximum Gasteiger partial charge on any atom is 0.264 e. The zero-order chi connectivity index (χ0) is 31.3. The Hall–Kier alpha value is -3.64. The number of carbonyl (C=O) groups is 2.